The number of rotatable bonds is 4. The Morgan fingerprint density at radius 3 is 2.73 bits per heavy atom. The molecular weight excluding hydrogens is 468 g/mol. The van der Waals surface area contributed by atoms with E-state index in [1.807, 2.05) is 0 Å². The van der Waals surface area contributed by atoms with Gasteiger partial charge in [0.25, 0.3) is 0 Å². The largest absolute Gasteiger partial charge is 0.408 e. The SMILES string of the molecule is C[C@H](CCc1nc2cnccc2c(=O)o1)[C@H]1CC[C@H]2[C@H]3C(C[C@H](O)[C@]12C)[C@@]1(C)CC[C@@H](O)C[C@H]1C[C@H]3O. The lowest BCUT2D eigenvalue weighted by molar-refractivity contribution is -0.207. The van der Waals surface area contributed by atoms with Crippen LogP contribution in [0.3, 0.4) is 0 Å². The highest BCUT2D eigenvalue weighted by Gasteiger charge is 2.65. The van der Waals surface area contributed by atoms with Crippen molar-refractivity contribution in [2.24, 2.45) is 46.3 Å². The summed E-state index contributed by atoms with van der Waals surface area (Å²) in [5.74, 6) is 2.27. The number of aliphatic hydroxyl groups is 3. The number of hydrogen-bond acceptors (Lipinski definition) is 7. The van der Waals surface area contributed by atoms with Crippen molar-refractivity contribution in [3.63, 3.8) is 0 Å². The van der Waals surface area contributed by atoms with Crippen molar-refractivity contribution in [3.05, 3.63) is 34.8 Å². The summed E-state index contributed by atoms with van der Waals surface area (Å²) < 4.78 is 5.52. The quantitative estimate of drug-likeness (QED) is 0.567. The predicted octanol–water partition coefficient (Wildman–Crippen LogP) is 4.11. The molecule has 0 aromatic carbocycles. The molecule has 0 radical (unpaired) electrons. The van der Waals surface area contributed by atoms with Crippen molar-refractivity contribution >= 4 is 10.9 Å². The third-order valence-corrected chi connectivity index (χ3v) is 11.8. The van der Waals surface area contributed by atoms with Crippen LogP contribution in [0.5, 0.6) is 0 Å². The predicted molar refractivity (Wildman–Crippen MR) is 140 cm³/mol. The van der Waals surface area contributed by atoms with E-state index < -0.39 is 6.10 Å². The molecule has 4 aliphatic carbocycles. The number of aryl methyl sites for hydroxylation is 1. The zero-order valence-electron chi connectivity index (χ0n) is 22.3. The molecule has 202 valence electrons. The van der Waals surface area contributed by atoms with Gasteiger partial charge in [-0.05, 0) is 104 Å². The average molecular weight is 511 g/mol. The molecule has 7 heteroatoms. The van der Waals surface area contributed by atoms with Crippen molar-refractivity contribution in [3.8, 4) is 0 Å². The van der Waals surface area contributed by atoms with Crippen LogP contribution in [0.15, 0.2) is 27.7 Å². The summed E-state index contributed by atoms with van der Waals surface area (Å²) in [6.45, 7) is 6.91. The Morgan fingerprint density at radius 2 is 1.92 bits per heavy atom. The molecular formula is C30H42N2O5. The first-order chi connectivity index (χ1) is 17.6. The summed E-state index contributed by atoms with van der Waals surface area (Å²) in [6, 6.07) is 1.63. The summed E-state index contributed by atoms with van der Waals surface area (Å²) in [6.07, 6.45) is 9.78. The second-order valence-electron chi connectivity index (χ2n) is 13.3. The van der Waals surface area contributed by atoms with Gasteiger partial charge in [-0.2, -0.15) is 0 Å². The number of aromatic nitrogens is 2. The number of pyridine rings is 1. The van der Waals surface area contributed by atoms with Crippen LogP contribution in [0.25, 0.3) is 10.9 Å². The number of aliphatic hydroxyl groups excluding tert-OH is 3. The van der Waals surface area contributed by atoms with Gasteiger partial charge in [-0.25, -0.2) is 9.78 Å². The van der Waals surface area contributed by atoms with Gasteiger partial charge in [-0.3, -0.25) is 4.98 Å². The third kappa shape index (κ3) is 3.90. The van der Waals surface area contributed by atoms with E-state index in [0.717, 1.165) is 51.4 Å². The molecule has 4 fully saturated rings. The van der Waals surface area contributed by atoms with Gasteiger partial charge in [-0.1, -0.05) is 20.8 Å². The molecule has 0 amide bonds. The van der Waals surface area contributed by atoms with Gasteiger partial charge >= 0.3 is 5.63 Å². The molecule has 7 nitrogen and oxygen atoms in total. The number of nitrogens with zero attached hydrogens (tertiary/aromatic N) is 2. The van der Waals surface area contributed by atoms with E-state index in [0.29, 0.717) is 52.8 Å². The molecule has 0 spiro atoms. The summed E-state index contributed by atoms with van der Waals surface area (Å²) in [4.78, 5) is 21.0. The van der Waals surface area contributed by atoms with Crippen molar-refractivity contribution in [2.45, 2.75) is 96.9 Å². The van der Waals surface area contributed by atoms with Crippen molar-refractivity contribution in [1.82, 2.24) is 9.97 Å². The average Bonchev–Trinajstić information content (AvgIpc) is 3.23. The molecule has 0 saturated heterocycles. The summed E-state index contributed by atoms with van der Waals surface area (Å²) in [5.41, 5.74) is 0.0467. The van der Waals surface area contributed by atoms with E-state index in [2.05, 4.69) is 30.7 Å². The Kier molecular flexibility index (Phi) is 6.28. The zero-order valence-corrected chi connectivity index (χ0v) is 22.3. The fourth-order valence-electron chi connectivity index (χ4n) is 9.76. The van der Waals surface area contributed by atoms with Crippen molar-refractivity contribution in [2.75, 3.05) is 0 Å². The molecule has 4 saturated carbocycles. The molecule has 6 rings (SSSR count). The third-order valence-electron chi connectivity index (χ3n) is 11.8. The summed E-state index contributed by atoms with van der Waals surface area (Å²) in [5, 5.41) is 34.0. The number of hydrogen-bond donors (Lipinski definition) is 3. The van der Waals surface area contributed by atoms with Crippen LogP contribution >= 0.6 is 0 Å². The van der Waals surface area contributed by atoms with Crippen LogP contribution in [0.1, 0.15) is 78.0 Å². The Labute approximate surface area is 218 Å². The van der Waals surface area contributed by atoms with Gasteiger partial charge < -0.3 is 19.7 Å². The minimum Gasteiger partial charge on any atom is -0.408 e. The Balaban J connectivity index is 1.21. The van der Waals surface area contributed by atoms with Gasteiger partial charge in [0, 0.05) is 12.6 Å². The minimum absolute atomic E-state index is 0.0866. The van der Waals surface area contributed by atoms with Crippen LogP contribution in [0.4, 0.5) is 0 Å². The zero-order chi connectivity index (χ0) is 26.1. The molecule has 3 N–H and O–H groups in total. The molecule has 4 aliphatic rings. The Morgan fingerprint density at radius 1 is 1.11 bits per heavy atom. The van der Waals surface area contributed by atoms with Crippen LogP contribution < -0.4 is 5.63 Å². The number of fused-ring (bicyclic) bond motifs is 6. The highest BCUT2D eigenvalue weighted by molar-refractivity contribution is 5.75. The van der Waals surface area contributed by atoms with Crippen LogP contribution in [0.2, 0.25) is 0 Å². The Bertz CT molecular complexity index is 1220. The first kappa shape index (κ1) is 25.4. The Hall–Kier alpha value is -1.83. The van der Waals surface area contributed by atoms with Crippen LogP contribution in [-0.2, 0) is 6.42 Å². The van der Waals surface area contributed by atoms with Crippen molar-refractivity contribution < 1.29 is 19.7 Å². The second kappa shape index (κ2) is 9.13. The first-order valence-corrected chi connectivity index (χ1v) is 14.4. The molecule has 2 aromatic heterocycles. The van der Waals surface area contributed by atoms with E-state index in [1.54, 1.807) is 18.5 Å². The van der Waals surface area contributed by atoms with Crippen LogP contribution in [-0.4, -0.2) is 43.6 Å². The lowest BCUT2D eigenvalue weighted by atomic mass is 9.43. The van der Waals surface area contributed by atoms with E-state index in [1.165, 1.54) is 0 Å². The maximum atomic E-state index is 12.4. The standard InChI is InChI=1S/C30H42N2O5/c1-16(4-7-26-32-23-15-31-11-9-19(23)28(36)37-26)20-5-6-21-27-22(14-25(35)30(20,21)3)29(2)10-8-18(33)12-17(29)13-24(27)34/h9,11,15-18,20-22,24-25,27,33-35H,4-8,10,12-14H2,1-3H3/t16-,17+,18-,20-,21+,22?,24-,25+,27+,29+,30-/m1/s1. The van der Waals surface area contributed by atoms with E-state index in [9.17, 15) is 20.1 Å². The monoisotopic (exact) mass is 510 g/mol. The van der Waals surface area contributed by atoms with Crippen LogP contribution in [0, 0.1) is 46.3 Å². The lowest BCUT2D eigenvalue weighted by Crippen LogP contribution is -2.62. The molecule has 2 heterocycles. The fraction of sp³-hybridized carbons (Fsp3) is 0.767. The van der Waals surface area contributed by atoms with Gasteiger partial charge in [0.05, 0.1) is 35.4 Å². The second-order valence-corrected chi connectivity index (χ2v) is 13.3. The summed E-state index contributed by atoms with van der Waals surface area (Å²) >= 11 is 0. The van der Waals surface area contributed by atoms with Gasteiger partial charge in [0.2, 0.25) is 0 Å². The van der Waals surface area contributed by atoms with Gasteiger partial charge in [0.1, 0.15) is 0 Å². The van der Waals surface area contributed by atoms with E-state index >= 15 is 0 Å². The molecule has 11 atom stereocenters. The topological polar surface area (TPSA) is 117 Å². The highest BCUT2D eigenvalue weighted by atomic mass is 16.4. The maximum Gasteiger partial charge on any atom is 0.346 e. The highest BCUT2D eigenvalue weighted by Crippen LogP contribution is 2.68. The smallest absolute Gasteiger partial charge is 0.346 e. The molecule has 0 bridgehead atoms. The molecule has 2 aromatic rings. The summed E-state index contributed by atoms with van der Waals surface area (Å²) in [7, 11) is 0. The molecule has 1 unspecified atom stereocenters. The molecule has 0 aliphatic heterocycles. The maximum absolute atomic E-state index is 12.4. The normalized spacial score (nSPS) is 44.2. The first-order valence-electron chi connectivity index (χ1n) is 14.4. The van der Waals surface area contributed by atoms with Gasteiger partial charge in [0.15, 0.2) is 5.89 Å². The molecule has 37 heavy (non-hydrogen) atoms. The van der Waals surface area contributed by atoms with E-state index in [-0.39, 0.29) is 34.6 Å². The van der Waals surface area contributed by atoms with Crippen molar-refractivity contribution in [1.29, 1.82) is 0 Å². The van der Waals surface area contributed by atoms with Gasteiger partial charge in [-0.15, -0.1) is 0 Å². The minimum atomic E-state index is -0.397. The fourth-order valence-corrected chi connectivity index (χ4v) is 9.76. The van der Waals surface area contributed by atoms with E-state index in [4.69, 9.17) is 4.42 Å². The lowest BCUT2D eigenvalue weighted by Gasteiger charge is -2.63.